The van der Waals surface area contributed by atoms with Gasteiger partial charge in [0, 0.05) is 12.4 Å². The van der Waals surface area contributed by atoms with Crippen LogP contribution in [0.4, 0.5) is 5.69 Å². The summed E-state index contributed by atoms with van der Waals surface area (Å²) in [7, 11) is 1.75. The molecule has 0 atom stereocenters. The van der Waals surface area contributed by atoms with Crippen molar-refractivity contribution in [3.63, 3.8) is 0 Å². The molecule has 5 nitrogen and oxygen atoms in total. The van der Waals surface area contributed by atoms with Crippen molar-refractivity contribution in [1.29, 1.82) is 0 Å². The predicted molar refractivity (Wildman–Crippen MR) is 76.9 cm³/mol. The third-order valence-corrected chi connectivity index (χ3v) is 3.43. The molecule has 0 fully saturated rings. The highest BCUT2D eigenvalue weighted by Gasteiger charge is 2.16. The zero-order valence-electron chi connectivity index (χ0n) is 10.9. The first kappa shape index (κ1) is 13.5. The molecule has 3 N–H and O–H groups in total. The number of nitrogens with two attached hydrogens (primary N) is 1. The van der Waals surface area contributed by atoms with Crippen LogP contribution in [-0.2, 0) is 6.54 Å². The number of thiazole rings is 1. The van der Waals surface area contributed by atoms with Gasteiger partial charge in [0.15, 0.2) is 0 Å². The number of nitrogen functional groups attached to an aromatic ring is 1. The van der Waals surface area contributed by atoms with E-state index >= 15 is 0 Å². The molecule has 0 saturated heterocycles. The second kappa shape index (κ2) is 5.81. The molecule has 1 aromatic carbocycles. The van der Waals surface area contributed by atoms with Crippen LogP contribution in [-0.4, -0.2) is 22.8 Å². The Morgan fingerprint density at radius 1 is 1.53 bits per heavy atom. The largest absolute Gasteiger partial charge is 0.336 e. The van der Waals surface area contributed by atoms with Gasteiger partial charge in [0.1, 0.15) is 0 Å². The van der Waals surface area contributed by atoms with Crippen molar-refractivity contribution in [2.45, 2.75) is 13.5 Å². The summed E-state index contributed by atoms with van der Waals surface area (Å²) < 4.78 is 0. The highest BCUT2D eigenvalue weighted by molar-refractivity contribution is 7.07. The lowest BCUT2D eigenvalue weighted by Gasteiger charge is -2.18. The highest BCUT2D eigenvalue weighted by atomic mass is 32.1. The Balaban J connectivity index is 2.19. The van der Waals surface area contributed by atoms with Gasteiger partial charge < -0.3 is 10.3 Å². The Labute approximate surface area is 116 Å². The number of rotatable bonds is 4. The molecular weight excluding hydrogens is 260 g/mol. The van der Waals surface area contributed by atoms with Crippen LogP contribution < -0.4 is 11.3 Å². The summed E-state index contributed by atoms with van der Waals surface area (Å²) in [5.41, 5.74) is 7.45. The zero-order chi connectivity index (χ0) is 13.8. The van der Waals surface area contributed by atoms with Crippen molar-refractivity contribution in [1.82, 2.24) is 9.88 Å². The van der Waals surface area contributed by atoms with Crippen molar-refractivity contribution in [2.75, 3.05) is 12.5 Å². The van der Waals surface area contributed by atoms with Gasteiger partial charge in [-0.05, 0) is 24.6 Å². The molecule has 6 heteroatoms. The lowest BCUT2D eigenvalue weighted by Crippen LogP contribution is -2.27. The van der Waals surface area contributed by atoms with Crippen LogP contribution in [0.15, 0.2) is 29.1 Å². The SMILES string of the molecule is Cc1ccc(C(=O)N(C)Cc2cscn2)c(NN)c1. The maximum Gasteiger partial charge on any atom is 0.256 e. The second-order valence-corrected chi connectivity index (χ2v) is 5.05. The average molecular weight is 276 g/mol. The number of benzene rings is 1. The fraction of sp³-hybridized carbons (Fsp3) is 0.231. The van der Waals surface area contributed by atoms with E-state index in [1.54, 1.807) is 23.5 Å². The summed E-state index contributed by atoms with van der Waals surface area (Å²) in [6.45, 7) is 2.44. The molecule has 1 amide bonds. The molecule has 0 aliphatic carbocycles. The first-order valence-electron chi connectivity index (χ1n) is 5.81. The van der Waals surface area contributed by atoms with Crippen LogP contribution in [0, 0.1) is 6.92 Å². The van der Waals surface area contributed by atoms with Crippen molar-refractivity contribution in [3.8, 4) is 0 Å². The van der Waals surface area contributed by atoms with Crippen LogP contribution in [0.25, 0.3) is 0 Å². The molecule has 19 heavy (non-hydrogen) atoms. The molecular formula is C13H16N4OS. The van der Waals surface area contributed by atoms with E-state index in [0.29, 0.717) is 17.8 Å². The Morgan fingerprint density at radius 2 is 2.32 bits per heavy atom. The van der Waals surface area contributed by atoms with Crippen molar-refractivity contribution >= 4 is 22.9 Å². The lowest BCUT2D eigenvalue weighted by atomic mass is 10.1. The molecule has 0 unspecified atom stereocenters. The molecule has 0 bridgehead atoms. The normalized spacial score (nSPS) is 10.3. The monoisotopic (exact) mass is 276 g/mol. The molecule has 1 heterocycles. The van der Waals surface area contributed by atoms with Gasteiger partial charge in [0.05, 0.1) is 29.0 Å². The van der Waals surface area contributed by atoms with Gasteiger partial charge in [0.2, 0.25) is 0 Å². The minimum absolute atomic E-state index is 0.0825. The van der Waals surface area contributed by atoms with Gasteiger partial charge in [-0.15, -0.1) is 11.3 Å². The van der Waals surface area contributed by atoms with Gasteiger partial charge in [-0.25, -0.2) is 4.98 Å². The zero-order valence-corrected chi connectivity index (χ0v) is 11.7. The van der Waals surface area contributed by atoms with E-state index in [0.717, 1.165) is 11.3 Å². The van der Waals surface area contributed by atoms with E-state index in [4.69, 9.17) is 5.84 Å². The number of carbonyl (C=O) groups is 1. The second-order valence-electron chi connectivity index (χ2n) is 4.33. The third-order valence-electron chi connectivity index (χ3n) is 2.79. The Hall–Kier alpha value is -1.92. The summed E-state index contributed by atoms with van der Waals surface area (Å²) in [5.74, 6) is 5.38. The number of hydrogen-bond donors (Lipinski definition) is 2. The maximum absolute atomic E-state index is 12.4. The van der Waals surface area contributed by atoms with Crippen LogP contribution in [0.1, 0.15) is 21.6 Å². The molecule has 0 saturated carbocycles. The molecule has 1 aromatic heterocycles. The van der Waals surface area contributed by atoms with E-state index in [1.807, 2.05) is 24.4 Å². The van der Waals surface area contributed by atoms with Gasteiger partial charge >= 0.3 is 0 Å². The first-order valence-corrected chi connectivity index (χ1v) is 6.76. The highest BCUT2D eigenvalue weighted by Crippen LogP contribution is 2.19. The van der Waals surface area contributed by atoms with Crippen molar-refractivity contribution in [3.05, 3.63) is 45.9 Å². The Bertz CT molecular complexity index is 568. The van der Waals surface area contributed by atoms with Crippen LogP contribution in [0.2, 0.25) is 0 Å². The number of nitrogens with one attached hydrogen (secondary N) is 1. The number of hydrazine groups is 1. The van der Waals surface area contributed by atoms with Crippen molar-refractivity contribution < 1.29 is 4.79 Å². The van der Waals surface area contributed by atoms with E-state index in [1.165, 1.54) is 11.3 Å². The Kier molecular flexibility index (Phi) is 4.13. The first-order chi connectivity index (χ1) is 9.11. The third kappa shape index (κ3) is 3.10. The molecule has 2 rings (SSSR count). The van der Waals surface area contributed by atoms with Gasteiger partial charge in [-0.3, -0.25) is 10.6 Å². The van der Waals surface area contributed by atoms with E-state index in [9.17, 15) is 4.79 Å². The summed E-state index contributed by atoms with van der Waals surface area (Å²) in [6, 6.07) is 5.53. The van der Waals surface area contributed by atoms with E-state index < -0.39 is 0 Å². The molecule has 0 radical (unpaired) electrons. The van der Waals surface area contributed by atoms with Crippen molar-refractivity contribution in [2.24, 2.45) is 5.84 Å². The number of carbonyl (C=O) groups excluding carboxylic acids is 1. The van der Waals surface area contributed by atoms with Gasteiger partial charge in [-0.2, -0.15) is 0 Å². The van der Waals surface area contributed by atoms with Crippen LogP contribution >= 0.6 is 11.3 Å². The minimum atomic E-state index is -0.0825. The standard InChI is InChI=1S/C13H16N4OS/c1-9-3-4-11(12(5-9)16-14)13(18)17(2)6-10-7-19-8-15-10/h3-5,7-8,16H,6,14H2,1-2H3. The van der Waals surface area contributed by atoms with E-state index in [2.05, 4.69) is 10.4 Å². The quantitative estimate of drug-likeness (QED) is 0.662. The molecule has 100 valence electrons. The fourth-order valence-electron chi connectivity index (χ4n) is 1.80. The predicted octanol–water partition coefficient (Wildman–Crippen LogP) is 2.01. The minimum Gasteiger partial charge on any atom is -0.336 e. The average Bonchev–Trinajstić information content (AvgIpc) is 2.90. The fourth-order valence-corrected chi connectivity index (χ4v) is 2.35. The van der Waals surface area contributed by atoms with E-state index in [-0.39, 0.29) is 5.91 Å². The number of aromatic nitrogens is 1. The number of anilines is 1. The van der Waals surface area contributed by atoms with Gasteiger partial charge in [0.25, 0.3) is 5.91 Å². The number of aryl methyl sites for hydroxylation is 1. The summed E-state index contributed by atoms with van der Waals surface area (Å²) in [5, 5.41) is 1.93. The van der Waals surface area contributed by atoms with Crippen LogP contribution in [0.5, 0.6) is 0 Å². The van der Waals surface area contributed by atoms with Gasteiger partial charge in [-0.1, -0.05) is 6.07 Å². The number of hydrogen-bond acceptors (Lipinski definition) is 5. The molecule has 2 aromatic rings. The lowest BCUT2D eigenvalue weighted by molar-refractivity contribution is 0.0784. The number of amides is 1. The molecule has 0 spiro atoms. The van der Waals surface area contributed by atoms with Crippen LogP contribution in [0.3, 0.4) is 0 Å². The number of nitrogens with zero attached hydrogens (tertiary/aromatic N) is 2. The Morgan fingerprint density at radius 3 is 2.95 bits per heavy atom. The smallest absolute Gasteiger partial charge is 0.256 e. The topological polar surface area (TPSA) is 71.2 Å². The molecule has 0 aliphatic rings. The molecule has 0 aliphatic heterocycles. The summed E-state index contributed by atoms with van der Waals surface area (Å²) in [6.07, 6.45) is 0. The summed E-state index contributed by atoms with van der Waals surface area (Å²) >= 11 is 1.52. The summed E-state index contributed by atoms with van der Waals surface area (Å²) in [4.78, 5) is 18.2. The maximum atomic E-state index is 12.4.